The fourth-order valence-electron chi connectivity index (χ4n) is 2.00. The first kappa shape index (κ1) is 11.9. The largest absolute Gasteiger partial charge is 0.508 e. The highest BCUT2D eigenvalue weighted by Gasteiger charge is 2.17. The Kier molecular flexibility index (Phi) is 3.84. The summed E-state index contributed by atoms with van der Waals surface area (Å²) in [4.78, 5) is 2.30. The van der Waals surface area contributed by atoms with Crippen molar-refractivity contribution < 1.29 is 10.2 Å². The summed E-state index contributed by atoms with van der Waals surface area (Å²) in [7, 11) is 0. The molecule has 88 valence electrons. The third-order valence-electron chi connectivity index (χ3n) is 2.98. The Labute approximate surface area is 104 Å². The minimum absolute atomic E-state index is 0.135. The van der Waals surface area contributed by atoms with E-state index in [1.54, 1.807) is 12.1 Å². The summed E-state index contributed by atoms with van der Waals surface area (Å²) in [5, 5.41) is 18.8. The fourth-order valence-corrected chi connectivity index (χ4v) is 2.37. The van der Waals surface area contributed by atoms with Crippen molar-refractivity contribution in [1.29, 1.82) is 0 Å². The molecule has 1 heterocycles. The highest BCUT2D eigenvalue weighted by molar-refractivity contribution is 9.10. The van der Waals surface area contributed by atoms with Crippen molar-refractivity contribution in [3.8, 4) is 5.75 Å². The van der Waals surface area contributed by atoms with Gasteiger partial charge in [0.25, 0.3) is 0 Å². The van der Waals surface area contributed by atoms with E-state index < -0.39 is 0 Å². The molecule has 1 aliphatic rings. The summed E-state index contributed by atoms with van der Waals surface area (Å²) in [5.74, 6) is 0.301. The molecule has 0 atom stereocenters. The van der Waals surface area contributed by atoms with Gasteiger partial charge in [-0.15, -0.1) is 0 Å². The van der Waals surface area contributed by atoms with Crippen LogP contribution in [0.4, 0.5) is 0 Å². The maximum Gasteiger partial charge on any atom is 0.115 e. The summed E-state index contributed by atoms with van der Waals surface area (Å²) in [6, 6.07) is 5.33. The molecule has 0 radical (unpaired) electrons. The van der Waals surface area contributed by atoms with Gasteiger partial charge in [0, 0.05) is 24.1 Å². The summed E-state index contributed by atoms with van der Waals surface area (Å²) in [6.07, 6.45) is 1.55. The number of nitrogens with zero attached hydrogens (tertiary/aromatic N) is 1. The summed E-state index contributed by atoms with van der Waals surface area (Å²) in [5.41, 5.74) is 1.09. The number of rotatable bonds is 2. The van der Waals surface area contributed by atoms with Crippen LogP contribution in [0.15, 0.2) is 22.7 Å². The average molecular weight is 286 g/mol. The van der Waals surface area contributed by atoms with Crippen LogP contribution in [0.3, 0.4) is 0 Å². The molecule has 0 unspecified atom stereocenters. The van der Waals surface area contributed by atoms with E-state index >= 15 is 0 Å². The third-order valence-corrected chi connectivity index (χ3v) is 3.75. The molecule has 0 aliphatic carbocycles. The average Bonchev–Trinajstić information content (AvgIpc) is 2.27. The normalized spacial score (nSPS) is 18.9. The highest BCUT2D eigenvalue weighted by atomic mass is 79.9. The van der Waals surface area contributed by atoms with Crippen molar-refractivity contribution in [2.24, 2.45) is 0 Å². The van der Waals surface area contributed by atoms with Gasteiger partial charge in [-0.05, 0) is 36.6 Å². The van der Waals surface area contributed by atoms with Gasteiger partial charge >= 0.3 is 0 Å². The van der Waals surface area contributed by atoms with Crippen LogP contribution in [0.25, 0.3) is 0 Å². The van der Waals surface area contributed by atoms with Crippen LogP contribution < -0.4 is 0 Å². The molecule has 0 saturated carbocycles. The third kappa shape index (κ3) is 2.97. The number of likely N-dealkylation sites (tertiary alicyclic amines) is 1. The fraction of sp³-hybridized carbons (Fsp3) is 0.500. The SMILES string of the molecule is Oc1ccc(Br)c(CN2CCC(O)CC2)c1. The number of halogens is 1. The summed E-state index contributed by atoms with van der Waals surface area (Å²) in [6.45, 7) is 2.66. The zero-order valence-electron chi connectivity index (χ0n) is 9.06. The topological polar surface area (TPSA) is 43.7 Å². The number of piperidine rings is 1. The van der Waals surface area contributed by atoms with Crippen LogP contribution in [0.1, 0.15) is 18.4 Å². The molecule has 1 saturated heterocycles. The Morgan fingerprint density at radius 2 is 2.00 bits per heavy atom. The van der Waals surface area contributed by atoms with Gasteiger partial charge in [-0.25, -0.2) is 0 Å². The lowest BCUT2D eigenvalue weighted by molar-refractivity contribution is 0.0791. The van der Waals surface area contributed by atoms with E-state index in [-0.39, 0.29) is 6.10 Å². The molecule has 0 bridgehead atoms. The molecule has 4 heteroatoms. The second-order valence-corrected chi connectivity index (χ2v) is 5.14. The first-order chi connectivity index (χ1) is 7.65. The van der Waals surface area contributed by atoms with E-state index in [1.165, 1.54) is 0 Å². The molecular formula is C12H16BrNO2. The van der Waals surface area contributed by atoms with Crippen molar-refractivity contribution in [3.63, 3.8) is 0 Å². The van der Waals surface area contributed by atoms with E-state index in [2.05, 4.69) is 20.8 Å². The van der Waals surface area contributed by atoms with E-state index in [9.17, 15) is 10.2 Å². The molecule has 0 spiro atoms. The predicted molar refractivity (Wildman–Crippen MR) is 66.3 cm³/mol. The monoisotopic (exact) mass is 285 g/mol. The Bertz CT molecular complexity index is 362. The van der Waals surface area contributed by atoms with E-state index in [4.69, 9.17) is 0 Å². The van der Waals surface area contributed by atoms with E-state index in [1.807, 2.05) is 6.07 Å². The molecule has 1 aromatic rings. The Balaban J connectivity index is 2.00. The standard InChI is InChI=1S/C12H16BrNO2/c13-12-2-1-11(16)7-9(12)8-14-5-3-10(15)4-6-14/h1-2,7,10,15-16H,3-6,8H2. The van der Waals surface area contributed by atoms with Gasteiger partial charge in [0.15, 0.2) is 0 Å². The number of hydrogen-bond donors (Lipinski definition) is 2. The number of benzene rings is 1. The Hall–Kier alpha value is -0.580. The molecule has 0 amide bonds. The van der Waals surface area contributed by atoms with Crippen LogP contribution >= 0.6 is 15.9 Å². The van der Waals surface area contributed by atoms with Crippen molar-refractivity contribution in [1.82, 2.24) is 4.90 Å². The first-order valence-corrected chi connectivity index (χ1v) is 6.32. The smallest absolute Gasteiger partial charge is 0.115 e. The van der Waals surface area contributed by atoms with Crippen molar-refractivity contribution >= 4 is 15.9 Å². The number of phenols is 1. The molecule has 1 aromatic carbocycles. The Morgan fingerprint density at radius 1 is 1.31 bits per heavy atom. The van der Waals surface area contributed by atoms with Gasteiger partial charge in [-0.1, -0.05) is 15.9 Å². The lowest BCUT2D eigenvalue weighted by Crippen LogP contribution is -2.35. The first-order valence-electron chi connectivity index (χ1n) is 5.53. The van der Waals surface area contributed by atoms with E-state index in [0.717, 1.165) is 42.5 Å². The predicted octanol–water partition coefficient (Wildman–Crippen LogP) is 2.11. The zero-order valence-corrected chi connectivity index (χ0v) is 10.7. The van der Waals surface area contributed by atoms with Gasteiger partial charge in [0.05, 0.1) is 6.10 Å². The lowest BCUT2D eigenvalue weighted by Gasteiger charge is -2.29. The number of phenolic OH excluding ortho intramolecular Hbond substituents is 1. The van der Waals surface area contributed by atoms with Crippen LogP contribution in [0.5, 0.6) is 5.75 Å². The van der Waals surface area contributed by atoms with Gasteiger partial charge in [-0.3, -0.25) is 4.90 Å². The lowest BCUT2D eigenvalue weighted by atomic mass is 10.1. The molecule has 3 nitrogen and oxygen atoms in total. The summed E-state index contributed by atoms with van der Waals surface area (Å²) >= 11 is 3.48. The maximum atomic E-state index is 9.43. The highest BCUT2D eigenvalue weighted by Crippen LogP contribution is 2.24. The van der Waals surface area contributed by atoms with Crippen LogP contribution in [-0.4, -0.2) is 34.3 Å². The number of aliphatic hydroxyl groups is 1. The molecule has 1 aliphatic heterocycles. The molecule has 1 fully saturated rings. The van der Waals surface area contributed by atoms with Crippen LogP contribution in [0, 0.1) is 0 Å². The summed E-state index contributed by atoms with van der Waals surface area (Å²) < 4.78 is 1.02. The zero-order chi connectivity index (χ0) is 11.5. The van der Waals surface area contributed by atoms with Crippen molar-refractivity contribution in [3.05, 3.63) is 28.2 Å². The van der Waals surface area contributed by atoms with Gasteiger partial charge < -0.3 is 10.2 Å². The molecule has 0 aromatic heterocycles. The number of aliphatic hydroxyl groups excluding tert-OH is 1. The number of aromatic hydroxyl groups is 1. The molecule has 2 rings (SSSR count). The maximum absolute atomic E-state index is 9.43. The van der Waals surface area contributed by atoms with E-state index in [0.29, 0.717) is 5.75 Å². The minimum atomic E-state index is -0.135. The second kappa shape index (κ2) is 5.17. The molecule has 2 N–H and O–H groups in total. The van der Waals surface area contributed by atoms with Crippen molar-refractivity contribution in [2.75, 3.05) is 13.1 Å². The van der Waals surface area contributed by atoms with Crippen molar-refractivity contribution in [2.45, 2.75) is 25.5 Å². The second-order valence-electron chi connectivity index (χ2n) is 4.28. The Morgan fingerprint density at radius 3 is 2.69 bits per heavy atom. The minimum Gasteiger partial charge on any atom is -0.508 e. The molecule has 16 heavy (non-hydrogen) atoms. The van der Waals surface area contributed by atoms with Gasteiger partial charge in [0.1, 0.15) is 5.75 Å². The number of hydrogen-bond acceptors (Lipinski definition) is 3. The van der Waals surface area contributed by atoms with Crippen LogP contribution in [-0.2, 0) is 6.54 Å². The molecular weight excluding hydrogens is 270 g/mol. The van der Waals surface area contributed by atoms with Gasteiger partial charge in [-0.2, -0.15) is 0 Å². The quantitative estimate of drug-likeness (QED) is 0.875. The van der Waals surface area contributed by atoms with Crippen LogP contribution in [0.2, 0.25) is 0 Å². The van der Waals surface area contributed by atoms with Gasteiger partial charge in [0.2, 0.25) is 0 Å².